The third-order valence-corrected chi connectivity index (χ3v) is 5.59. The van der Waals surface area contributed by atoms with Gasteiger partial charge in [-0.05, 0) is 30.5 Å². The van der Waals surface area contributed by atoms with Crippen LogP contribution in [0, 0.1) is 6.92 Å². The number of rotatable bonds is 2. The van der Waals surface area contributed by atoms with E-state index in [1.165, 1.54) is 4.90 Å². The van der Waals surface area contributed by atoms with Crippen LogP contribution in [-0.2, 0) is 0 Å². The van der Waals surface area contributed by atoms with Crippen LogP contribution in [0.2, 0.25) is 0 Å². The van der Waals surface area contributed by atoms with Gasteiger partial charge in [0, 0.05) is 17.6 Å². The average Bonchev–Trinajstić information content (AvgIpc) is 3.35. The molecule has 4 heterocycles. The van der Waals surface area contributed by atoms with Crippen molar-refractivity contribution in [3.05, 3.63) is 99.9 Å². The number of anilines is 1. The zero-order chi connectivity index (χ0) is 21.1. The van der Waals surface area contributed by atoms with E-state index >= 15 is 0 Å². The highest BCUT2D eigenvalue weighted by Crippen LogP contribution is 2.40. The quantitative estimate of drug-likeness (QED) is 0.402. The van der Waals surface area contributed by atoms with Gasteiger partial charge in [0.05, 0.1) is 16.6 Å². The summed E-state index contributed by atoms with van der Waals surface area (Å²) in [7, 11) is 0. The molecule has 0 saturated heterocycles. The van der Waals surface area contributed by atoms with Crippen LogP contribution in [0.15, 0.2) is 80.6 Å². The van der Waals surface area contributed by atoms with Gasteiger partial charge in [0.25, 0.3) is 5.91 Å². The van der Waals surface area contributed by atoms with Gasteiger partial charge >= 0.3 is 0 Å². The molecule has 0 aliphatic carbocycles. The Labute approximate surface area is 175 Å². The van der Waals surface area contributed by atoms with Crippen LogP contribution < -0.4 is 10.3 Å². The SMILES string of the molecule is Cc1cc(N2C(=O)c3oc4c(ccc5ccccc54)c(=O)c3C2c2ccccn2)no1. The minimum atomic E-state index is -0.764. The lowest BCUT2D eigenvalue weighted by atomic mass is 10.0. The molecule has 150 valence electrons. The van der Waals surface area contributed by atoms with E-state index < -0.39 is 11.9 Å². The molecule has 7 nitrogen and oxygen atoms in total. The molecule has 1 aliphatic heterocycles. The Morgan fingerprint density at radius 1 is 0.968 bits per heavy atom. The number of amides is 1. The lowest BCUT2D eigenvalue weighted by molar-refractivity contribution is 0.0969. The Kier molecular flexibility index (Phi) is 3.61. The molecule has 0 fully saturated rings. The highest BCUT2D eigenvalue weighted by atomic mass is 16.5. The number of carbonyl (C=O) groups is 1. The summed E-state index contributed by atoms with van der Waals surface area (Å²) < 4.78 is 11.3. The number of carbonyl (C=O) groups excluding carboxylic acids is 1. The topological polar surface area (TPSA) is 89.4 Å². The van der Waals surface area contributed by atoms with Crippen molar-refractivity contribution in [3.63, 3.8) is 0 Å². The maximum absolute atomic E-state index is 13.7. The van der Waals surface area contributed by atoms with Crippen LogP contribution in [0.25, 0.3) is 21.7 Å². The second kappa shape index (κ2) is 6.37. The minimum absolute atomic E-state index is 0.00478. The van der Waals surface area contributed by atoms with E-state index in [9.17, 15) is 9.59 Å². The first-order valence-corrected chi connectivity index (χ1v) is 9.80. The molecule has 7 heteroatoms. The number of benzene rings is 2. The second-order valence-corrected chi connectivity index (χ2v) is 7.47. The molecule has 1 unspecified atom stereocenters. The lowest BCUT2D eigenvalue weighted by Crippen LogP contribution is -2.30. The Hall–Kier alpha value is -4.26. The maximum Gasteiger partial charge on any atom is 0.296 e. The number of hydrogen-bond donors (Lipinski definition) is 0. The van der Waals surface area contributed by atoms with E-state index in [0.717, 1.165) is 10.8 Å². The fourth-order valence-corrected chi connectivity index (χ4v) is 4.22. The van der Waals surface area contributed by atoms with Gasteiger partial charge in [-0.25, -0.2) is 0 Å². The van der Waals surface area contributed by atoms with Gasteiger partial charge in [-0.15, -0.1) is 0 Å². The molecule has 0 saturated carbocycles. The number of aromatic nitrogens is 2. The van der Waals surface area contributed by atoms with Crippen LogP contribution in [0.5, 0.6) is 0 Å². The monoisotopic (exact) mass is 409 g/mol. The molecular weight excluding hydrogens is 394 g/mol. The van der Waals surface area contributed by atoms with E-state index in [1.807, 2.05) is 36.4 Å². The first kappa shape index (κ1) is 17.6. The summed E-state index contributed by atoms with van der Waals surface area (Å²) in [6.45, 7) is 1.74. The molecule has 6 rings (SSSR count). The first-order chi connectivity index (χ1) is 15.1. The van der Waals surface area contributed by atoms with E-state index in [0.29, 0.717) is 28.2 Å². The summed E-state index contributed by atoms with van der Waals surface area (Å²) in [5.74, 6) is 0.405. The normalized spacial score (nSPS) is 15.7. The molecular formula is C24H15N3O4. The largest absolute Gasteiger partial charge is 0.450 e. The standard InChI is InChI=1S/C24H15N3O4/c1-13-12-18(26-31-13)27-20(17-8-4-5-11-25-17)19-21(28)16-10-9-14-6-2-3-7-15(14)22(16)30-23(19)24(27)29/h2-12,20H,1H3. The molecule has 0 radical (unpaired) electrons. The summed E-state index contributed by atoms with van der Waals surface area (Å²) in [5.41, 5.74) is 0.941. The fourth-order valence-electron chi connectivity index (χ4n) is 4.22. The zero-order valence-electron chi connectivity index (χ0n) is 16.4. The van der Waals surface area contributed by atoms with Crippen molar-refractivity contribution in [1.82, 2.24) is 10.1 Å². The maximum atomic E-state index is 13.7. The summed E-state index contributed by atoms with van der Waals surface area (Å²) >= 11 is 0. The van der Waals surface area contributed by atoms with E-state index in [2.05, 4.69) is 10.1 Å². The molecule has 0 bridgehead atoms. The molecule has 1 amide bonds. The number of pyridine rings is 1. The number of nitrogens with zero attached hydrogens (tertiary/aromatic N) is 3. The Morgan fingerprint density at radius 2 is 1.81 bits per heavy atom. The van der Waals surface area contributed by atoms with Crippen molar-refractivity contribution in [3.8, 4) is 0 Å². The molecule has 1 aliphatic rings. The number of aryl methyl sites for hydroxylation is 1. The molecule has 1 atom stereocenters. The predicted octanol–water partition coefficient (Wildman–Crippen LogP) is 4.39. The van der Waals surface area contributed by atoms with Crippen molar-refractivity contribution in [1.29, 1.82) is 0 Å². The van der Waals surface area contributed by atoms with Crippen molar-refractivity contribution in [2.45, 2.75) is 13.0 Å². The zero-order valence-corrected chi connectivity index (χ0v) is 16.4. The number of hydrogen-bond acceptors (Lipinski definition) is 6. The molecule has 2 aromatic carbocycles. The Morgan fingerprint density at radius 3 is 2.58 bits per heavy atom. The van der Waals surface area contributed by atoms with Crippen LogP contribution in [0.1, 0.15) is 33.6 Å². The summed E-state index contributed by atoms with van der Waals surface area (Å²) in [6, 6.07) is 17.5. The summed E-state index contributed by atoms with van der Waals surface area (Å²) in [4.78, 5) is 33.0. The van der Waals surface area contributed by atoms with Gasteiger partial charge in [-0.3, -0.25) is 19.5 Å². The summed E-state index contributed by atoms with van der Waals surface area (Å²) in [5, 5.41) is 6.14. The number of fused-ring (bicyclic) bond motifs is 4. The van der Waals surface area contributed by atoms with Gasteiger partial charge < -0.3 is 8.94 Å². The van der Waals surface area contributed by atoms with Crippen molar-refractivity contribution in [2.75, 3.05) is 4.90 Å². The summed E-state index contributed by atoms with van der Waals surface area (Å²) in [6.07, 6.45) is 1.63. The van der Waals surface area contributed by atoms with E-state index in [1.54, 1.807) is 37.4 Å². The van der Waals surface area contributed by atoms with Gasteiger partial charge in [-0.1, -0.05) is 41.6 Å². The minimum Gasteiger partial charge on any atom is -0.450 e. The van der Waals surface area contributed by atoms with Crippen LogP contribution >= 0.6 is 0 Å². The van der Waals surface area contributed by atoms with Gasteiger partial charge in [0.2, 0.25) is 5.76 Å². The van der Waals surface area contributed by atoms with Crippen LogP contribution in [-0.4, -0.2) is 16.0 Å². The lowest BCUT2D eigenvalue weighted by Gasteiger charge is -2.21. The Balaban J connectivity index is 1.70. The van der Waals surface area contributed by atoms with Gasteiger partial charge in [-0.2, -0.15) is 0 Å². The molecule has 5 aromatic rings. The van der Waals surface area contributed by atoms with Crippen molar-refractivity contribution >= 4 is 33.5 Å². The predicted molar refractivity (Wildman–Crippen MR) is 114 cm³/mol. The first-order valence-electron chi connectivity index (χ1n) is 9.80. The Bertz CT molecular complexity index is 1550. The highest BCUT2D eigenvalue weighted by Gasteiger charge is 2.45. The van der Waals surface area contributed by atoms with Crippen molar-refractivity contribution < 1.29 is 13.7 Å². The molecule has 3 aromatic heterocycles. The van der Waals surface area contributed by atoms with E-state index in [-0.39, 0.29) is 16.8 Å². The van der Waals surface area contributed by atoms with Crippen molar-refractivity contribution in [2.24, 2.45) is 0 Å². The van der Waals surface area contributed by atoms with E-state index in [4.69, 9.17) is 8.94 Å². The van der Waals surface area contributed by atoms with Crippen LogP contribution in [0.4, 0.5) is 5.82 Å². The molecule has 31 heavy (non-hydrogen) atoms. The van der Waals surface area contributed by atoms with Gasteiger partial charge in [0.15, 0.2) is 11.2 Å². The smallest absolute Gasteiger partial charge is 0.296 e. The third-order valence-electron chi connectivity index (χ3n) is 5.59. The van der Waals surface area contributed by atoms with Gasteiger partial charge in [0.1, 0.15) is 17.4 Å². The molecule has 0 spiro atoms. The average molecular weight is 409 g/mol. The fraction of sp³-hybridized carbons (Fsp3) is 0.0833. The highest BCUT2D eigenvalue weighted by molar-refractivity contribution is 6.12. The second-order valence-electron chi connectivity index (χ2n) is 7.47. The molecule has 0 N–H and O–H groups in total. The third kappa shape index (κ3) is 2.46. The van der Waals surface area contributed by atoms with Crippen LogP contribution in [0.3, 0.4) is 0 Å².